The lowest BCUT2D eigenvalue weighted by molar-refractivity contribution is -0.148. The molecule has 0 aliphatic carbocycles. The molecule has 1 spiro atoms. The molecule has 28 heavy (non-hydrogen) atoms. The van der Waals surface area contributed by atoms with Crippen LogP contribution in [-0.4, -0.2) is 48.1 Å². The molecule has 1 atom stereocenters. The molecule has 1 aromatic rings. The number of hydrogen-bond acceptors (Lipinski definition) is 2. The predicted octanol–water partition coefficient (Wildman–Crippen LogP) is 4.97. The van der Waals surface area contributed by atoms with E-state index in [0.717, 1.165) is 38.9 Å². The SMILES string of the molecule is CC(C)c1ccc(CN2CCC[C@]3(CCN(C(=O)CCC(F)(F)F)C3)C2)cc1. The van der Waals surface area contributed by atoms with Crippen molar-refractivity contribution in [3.05, 3.63) is 35.4 Å². The highest BCUT2D eigenvalue weighted by Crippen LogP contribution is 2.40. The average molecular weight is 396 g/mol. The molecule has 1 amide bonds. The van der Waals surface area contributed by atoms with Gasteiger partial charge in [0.15, 0.2) is 0 Å². The molecule has 3 nitrogen and oxygen atoms in total. The highest BCUT2D eigenvalue weighted by atomic mass is 19.4. The summed E-state index contributed by atoms with van der Waals surface area (Å²) < 4.78 is 37.2. The number of rotatable bonds is 5. The van der Waals surface area contributed by atoms with Gasteiger partial charge in [0.1, 0.15) is 0 Å². The number of nitrogens with zero attached hydrogens (tertiary/aromatic N) is 2. The van der Waals surface area contributed by atoms with Gasteiger partial charge in [-0.15, -0.1) is 0 Å². The third kappa shape index (κ3) is 5.49. The molecule has 2 heterocycles. The van der Waals surface area contributed by atoms with Crippen LogP contribution in [0.1, 0.15) is 63.0 Å². The lowest BCUT2D eigenvalue weighted by Crippen LogP contribution is -2.45. The first kappa shape index (κ1) is 21.2. The van der Waals surface area contributed by atoms with Gasteiger partial charge in [0.05, 0.1) is 6.42 Å². The molecule has 0 radical (unpaired) electrons. The van der Waals surface area contributed by atoms with E-state index in [1.54, 1.807) is 4.90 Å². The molecule has 2 fully saturated rings. The Morgan fingerprint density at radius 3 is 2.46 bits per heavy atom. The first-order valence-corrected chi connectivity index (χ1v) is 10.3. The van der Waals surface area contributed by atoms with Gasteiger partial charge < -0.3 is 4.90 Å². The third-order valence-corrected chi connectivity index (χ3v) is 6.21. The van der Waals surface area contributed by atoms with E-state index < -0.39 is 19.0 Å². The Labute approximate surface area is 165 Å². The van der Waals surface area contributed by atoms with E-state index in [4.69, 9.17) is 0 Å². The summed E-state index contributed by atoms with van der Waals surface area (Å²) in [4.78, 5) is 16.3. The number of carbonyl (C=O) groups excluding carboxylic acids is 1. The largest absolute Gasteiger partial charge is 0.389 e. The lowest BCUT2D eigenvalue weighted by atomic mass is 9.79. The van der Waals surface area contributed by atoms with Crippen molar-refractivity contribution in [2.75, 3.05) is 26.2 Å². The Morgan fingerprint density at radius 2 is 1.82 bits per heavy atom. The monoisotopic (exact) mass is 396 g/mol. The predicted molar refractivity (Wildman–Crippen MR) is 104 cm³/mol. The Kier molecular flexibility index (Phi) is 6.37. The van der Waals surface area contributed by atoms with Crippen LogP contribution >= 0.6 is 0 Å². The molecule has 2 aliphatic rings. The van der Waals surface area contributed by atoms with E-state index in [1.165, 1.54) is 11.1 Å². The highest BCUT2D eigenvalue weighted by Gasteiger charge is 2.43. The number of halogens is 3. The summed E-state index contributed by atoms with van der Waals surface area (Å²) in [6.07, 6.45) is -2.68. The number of amides is 1. The maximum Gasteiger partial charge on any atom is 0.389 e. The smallest absolute Gasteiger partial charge is 0.342 e. The number of alkyl halides is 3. The van der Waals surface area contributed by atoms with Gasteiger partial charge in [-0.1, -0.05) is 38.1 Å². The van der Waals surface area contributed by atoms with Gasteiger partial charge >= 0.3 is 6.18 Å². The Bertz CT molecular complexity index is 671. The van der Waals surface area contributed by atoms with Crippen LogP contribution in [0, 0.1) is 5.41 Å². The maximum atomic E-state index is 12.4. The van der Waals surface area contributed by atoms with Gasteiger partial charge in [-0.25, -0.2) is 0 Å². The number of carbonyl (C=O) groups is 1. The number of hydrogen-bond donors (Lipinski definition) is 0. The van der Waals surface area contributed by atoms with Crippen molar-refractivity contribution in [1.29, 1.82) is 0 Å². The lowest BCUT2D eigenvalue weighted by Gasteiger charge is -2.40. The molecule has 0 bridgehead atoms. The van der Waals surface area contributed by atoms with Crippen LogP contribution in [0.15, 0.2) is 24.3 Å². The molecule has 0 saturated carbocycles. The summed E-state index contributed by atoms with van der Waals surface area (Å²) in [6.45, 7) is 8.41. The molecule has 0 aromatic heterocycles. The van der Waals surface area contributed by atoms with Crippen LogP contribution in [-0.2, 0) is 11.3 Å². The molecule has 2 saturated heterocycles. The minimum Gasteiger partial charge on any atom is -0.342 e. The molecular weight excluding hydrogens is 365 g/mol. The maximum absolute atomic E-state index is 12.4. The number of benzene rings is 1. The van der Waals surface area contributed by atoms with E-state index in [-0.39, 0.29) is 11.3 Å². The van der Waals surface area contributed by atoms with Crippen molar-refractivity contribution in [3.63, 3.8) is 0 Å². The summed E-state index contributed by atoms with van der Waals surface area (Å²) in [6, 6.07) is 8.77. The Balaban J connectivity index is 1.55. The molecule has 6 heteroatoms. The zero-order chi connectivity index (χ0) is 20.4. The van der Waals surface area contributed by atoms with Crippen LogP contribution in [0.5, 0.6) is 0 Å². The van der Waals surface area contributed by atoms with Crippen molar-refractivity contribution in [2.24, 2.45) is 5.41 Å². The standard InChI is InChI=1S/C22H31F3N2O/c1-17(2)19-6-4-18(5-7-19)14-26-12-3-9-21(15-26)11-13-27(16-21)20(28)8-10-22(23,24)25/h4-7,17H,3,8-16H2,1-2H3/t21-/m0/s1. The van der Waals surface area contributed by atoms with E-state index in [1.807, 2.05) is 0 Å². The van der Waals surface area contributed by atoms with E-state index in [9.17, 15) is 18.0 Å². The van der Waals surface area contributed by atoms with E-state index >= 15 is 0 Å². The van der Waals surface area contributed by atoms with Gasteiger partial charge in [0.25, 0.3) is 0 Å². The van der Waals surface area contributed by atoms with Crippen molar-refractivity contribution in [1.82, 2.24) is 9.80 Å². The first-order valence-electron chi connectivity index (χ1n) is 10.3. The Hall–Kier alpha value is -1.56. The molecule has 3 rings (SSSR count). The van der Waals surface area contributed by atoms with Gasteiger partial charge in [-0.05, 0) is 42.9 Å². The van der Waals surface area contributed by atoms with E-state index in [2.05, 4.69) is 43.0 Å². The zero-order valence-corrected chi connectivity index (χ0v) is 16.9. The second kappa shape index (κ2) is 8.44. The molecular formula is C22H31F3N2O. The minimum absolute atomic E-state index is 0.0457. The fourth-order valence-electron chi connectivity index (χ4n) is 4.60. The first-order chi connectivity index (χ1) is 13.2. The van der Waals surface area contributed by atoms with Crippen LogP contribution in [0.3, 0.4) is 0 Å². The summed E-state index contributed by atoms with van der Waals surface area (Å²) >= 11 is 0. The quantitative estimate of drug-likeness (QED) is 0.702. The molecule has 156 valence electrons. The minimum atomic E-state index is -4.26. The summed E-state index contributed by atoms with van der Waals surface area (Å²) in [5.41, 5.74) is 2.67. The summed E-state index contributed by atoms with van der Waals surface area (Å²) in [5.74, 6) is 0.169. The fourth-order valence-corrected chi connectivity index (χ4v) is 4.60. The second-order valence-corrected chi connectivity index (χ2v) is 8.89. The molecule has 0 unspecified atom stereocenters. The fraction of sp³-hybridized carbons (Fsp3) is 0.682. The topological polar surface area (TPSA) is 23.6 Å². The van der Waals surface area contributed by atoms with Gasteiger partial charge in [0, 0.05) is 38.0 Å². The van der Waals surface area contributed by atoms with Gasteiger partial charge in [-0.3, -0.25) is 9.69 Å². The second-order valence-electron chi connectivity index (χ2n) is 8.89. The van der Waals surface area contributed by atoms with E-state index in [0.29, 0.717) is 19.0 Å². The van der Waals surface area contributed by atoms with Crippen molar-refractivity contribution >= 4 is 5.91 Å². The van der Waals surface area contributed by atoms with Crippen LogP contribution in [0.2, 0.25) is 0 Å². The molecule has 1 aromatic carbocycles. The van der Waals surface area contributed by atoms with Crippen molar-refractivity contribution in [3.8, 4) is 0 Å². The normalized spacial score (nSPS) is 23.7. The number of piperidine rings is 1. The van der Waals surface area contributed by atoms with Gasteiger partial charge in [-0.2, -0.15) is 13.2 Å². The van der Waals surface area contributed by atoms with Crippen LogP contribution < -0.4 is 0 Å². The van der Waals surface area contributed by atoms with Crippen LogP contribution in [0.4, 0.5) is 13.2 Å². The zero-order valence-electron chi connectivity index (χ0n) is 16.9. The molecule has 2 aliphatic heterocycles. The van der Waals surface area contributed by atoms with Crippen LogP contribution in [0.25, 0.3) is 0 Å². The molecule has 0 N–H and O–H groups in total. The van der Waals surface area contributed by atoms with Gasteiger partial charge in [0.2, 0.25) is 5.91 Å². The average Bonchev–Trinajstić information content (AvgIpc) is 3.03. The highest BCUT2D eigenvalue weighted by molar-refractivity contribution is 5.76. The Morgan fingerprint density at radius 1 is 1.11 bits per heavy atom. The summed E-state index contributed by atoms with van der Waals surface area (Å²) in [7, 11) is 0. The summed E-state index contributed by atoms with van der Waals surface area (Å²) in [5, 5.41) is 0. The van der Waals surface area contributed by atoms with Crippen molar-refractivity contribution < 1.29 is 18.0 Å². The third-order valence-electron chi connectivity index (χ3n) is 6.21. The van der Waals surface area contributed by atoms with Crippen molar-refractivity contribution in [2.45, 2.75) is 64.6 Å². The number of likely N-dealkylation sites (tertiary alicyclic amines) is 2.